The number of hydrogen-bond donors (Lipinski definition) is 1. The Labute approximate surface area is 123 Å². The number of ether oxygens (including phenoxy) is 1. The molecule has 2 aliphatic rings. The molecule has 2 aliphatic heterocycles. The number of carbonyl (C=O) groups excluding carboxylic acids is 1. The SMILES string of the molecule is NC(=S)C1CCCN1C(=O)C1COc2ccccc2C1. The van der Waals surface area contributed by atoms with Crippen LogP contribution in [0, 0.1) is 5.92 Å². The third kappa shape index (κ3) is 2.38. The number of thiocarbonyl (C=S) groups is 1. The van der Waals surface area contributed by atoms with Crippen LogP contribution in [0.1, 0.15) is 18.4 Å². The van der Waals surface area contributed by atoms with Gasteiger partial charge < -0.3 is 15.4 Å². The maximum Gasteiger partial charge on any atom is 0.230 e. The fourth-order valence-corrected chi connectivity index (χ4v) is 3.29. The Hall–Kier alpha value is -1.62. The summed E-state index contributed by atoms with van der Waals surface area (Å²) in [7, 11) is 0. The molecule has 3 rings (SSSR count). The van der Waals surface area contributed by atoms with Crippen LogP contribution in [0.2, 0.25) is 0 Å². The molecule has 4 nitrogen and oxygen atoms in total. The van der Waals surface area contributed by atoms with Crippen LogP contribution in [0.15, 0.2) is 24.3 Å². The average molecular weight is 290 g/mol. The van der Waals surface area contributed by atoms with E-state index in [2.05, 4.69) is 0 Å². The van der Waals surface area contributed by atoms with Crippen LogP contribution in [0.25, 0.3) is 0 Å². The molecule has 0 aromatic heterocycles. The smallest absolute Gasteiger partial charge is 0.230 e. The van der Waals surface area contributed by atoms with Gasteiger partial charge in [0.05, 0.1) is 16.9 Å². The van der Waals surface area contributed by atoms with Gasteiger partial charge in [-0.3, -0.25) is 4.79 Å². The van der Waals surface area contributed by atoms with E-state index in [0.29, 0.717) is 11.6 Å². The second kappa shape index (κ2) is 5.40. The van der Waals surface area contributed by atoms with Crippen LogP contribution in [0.3, 0.4) is 0 Å². The minimum absolute atomic E-state index is 0.0744. The number of rotatable bonds is 2. The maximum atomic E-state index is 12.7. The van der Waals surface area contributed by atoms with E-state index in [1.807, 2.05) is 29.2 Å². The summed E-state index contributed by atoms with van der Waals surface area (Å²) >= 11 is 5.07. The van der Waals surface area contributed by atoms with Gasteiger partial charge in [0.25, 0.3) is 0 Å². The zero-order valence-corrected chi connectivity index (χ0v) is 12.1. The molecule has 5 heteroatoms. The van der Waals surface area contributed by atoms with Gasteiger partial charge in [-0.25, -0.2) is 0 Å². The summed E-state index contributed by atoms with van der Waals surface area (Å²) in [6.45, 7) is 1.19. The minimum Gasteiger partial charge on any atom is -0.492 e. The van der Waals surface area contributed by atoms with Crippen molar-refractivity contribution in [1.82, 2.24) is 4.90 Å². The summed E-state index contributed by atoms with van der Waals surface area (Å²) < 4.78 is 5.70. The molecule has 0 spiro atoms. The van der Waals surface area contributed by atoms with Gasteiger partial charge in [0.15, 0.2) is 0 Å². The lowest BCUT2D eigenvalue weighted by Crippen LogP contribution is -2.47. The van der Waals surface area contributed by atoms with E-state index in [1.165, 1.54) is 0 Å². The number of hydrogen-bond acceptors (Lipinski definition) is 3. The third-order valence-corrected chi connectivity index (χ3v) is 4.36. The molecule has 0 radical (unpaired) electrons. The first-order valence-electron chi connectivity index (χ1n) is 6.97. The van der Waals surface area contributed by atoms with Crippen molar-refractivity contribution in [2.24, 2.45) is 11.7 Å². The van der Waals surface area contributed by atoms with Crippen molar-refractivity contribution in [3.05, 3.63) is 29.8 Å². The van der Waals surface area contributed by atoms with E-state index in [0.717, 1.165) is 37.1 Å². The highest BCUT2D eigenvalue weighted by Gasteiger charge is 2.36. The molecule has 2 unspecified atom stereocenters. The molecule has 1 saturated heterocycles. The molecule has 2 N–H and O–H groups in total. The number of benzene rings is 1. The Bertz CT molecular complexity index is 546. The van der Waals surface area contributed by atoms with Crippen LogP contribution >= 0.6 is 12.2 Å². The van der Waals surface area contributed by atoms with Crippen LogP contribution in [-0.4, -0.2) is 35.0 Å². The van der Waals surface area contributed by atoms with Gasteiger partial charge in [-0.2, -0.15) is 0 Å². The molecular weight excluding hydrogens is 272 g/mol. The first-order valence-corrected chi connectivity index (χ1v) is 7.38. The number of para-hydroxylation sites is 1. The van der Waals surface area contributed by atoms with Crippen LogP contribution in [-0.2, 0) is 11.2 Å². The summed E-state index contributed by atoms with van der Waals surface area (Å²) in [5, 5.41) is 0. The fraction of sp³-hybridized carbons (Fsp3) is 0.467. The monoisotopic (exact) mass is 290 g/mol. The standard InChI is InChI=1S/C15H18N2O2S/c16-14(20)12-5-3-7-17(12)15(18)11-8-10-4-1-2-6-13(10)19-9-11/h1-2,4,6,11-12H,3,5,7-9H2,(H2,16,20). The van der Waals surface area contributed by atoms with E-state index in [1.54, 1.807) is 0 Å². The van der Waals surface area contributed by atoms with E-state index in [-0.39, 0.29) is 17.9 Å². The molecule has 20 heavy (non-hydrogen) atoms. The van der Waals surface area contributed by atoms with Crippen molar-refractivity contribution in [2.45, 2.75) is 25.3 Å². The van der Waals surface area contributed by atoms with Crippen LogP contribution in [0.5, 0.6) is 5.75 Å². The zero-order chi connectivity index (χ0) is 14.1. The predicted octanol–water partition coefficient (Wildman–Crippen LogP) is 1.51. The molecular formula is C15H18N2O2S. The number of fused-ring (bicyclic) bond motifs is 1. The molecule has 2 heterocycles. The van der Waals surface area contributed by atoms with Crippen LogP contribution < -0.4 is 10.5 Å². The molecule has 1 fully saturated rings. The lowest BCUT2D eigenvalue weighted by Gasteiger charge is -2.31. The van der Waals surface area contributed by atoms with Crippen molar-refractivity contribution in [3.63, 3.8) is 0 Å². The second-order valence-electron chi connectivity index (χ2n) is 5.41. The summed E-state index contributed by atoms with van der Waals surface area (Å²) in [5.74, 6) is 0.888. The molecule has 0 bridgehead atoms. The normalized spacial score (nSPS) is 24.9. The van der Waals surface area contributed by atoms with E-state index >= 15 is 0 Å². The number of amides is 1. The highest BCUT2D eigenvalue weighted by molar-refractivity contribution is 7.80. The van der Waals surface area contributed by atoms with Crippen molar-refractivity contribution in [2.75, 3.05) is 13.2 Å². The lowest BCUT2D eigenvalue weighted by molar-refractivity contribution is -0.136. The molecule has 0 aliphatic carbocycles. The number of nitrogens with two attached hydrogens (primary N) is 1. The van der Waals surface area contributed by atoms with Crippen molar-refractivity contribution in [1.29, 1.82) is 0 Å². The van der Waals surface area contributed by atoms with Gasteiger partial charge in [0.1, 0.15) is 12.4 Å². The zero-order valence-electron chi connectivity index (χ0n) is 11.2. The molecule has 1 aromatic rings. The topological polar surface area (TPSA) is 55.6 Å². The van der Waals surface area contributed by atoms with E-state index in [9.17, 15) is 4.79 Å². The second-order valence-corrected chi connectivity index (χ2v) is 5.88. The third-order valence-electron chi connectivity index (χ3n) is 4.09. The summed E-state index contributed by atoms with van der Waals surface area (Å²) in [6, 6.07) is 7.82. The molecule has 0 saturated carbocycles. The summed E-state index contributed by atoms with van der Waals surface area (Å²) in [4.78, 5) is 14.9. The molecule has 1 amide bonds. The van der Waals surface area contributed by atoms with E-state index < -0.39 is 0 Å². The highest BCUT2D eigenvalue weighted by Crippen LogP contribution is 2.29. The van der Waals surface area contributed by atoms with Gasteiger partial charge in [-0.05, 0) is 30.9 Å². The molecule has 106 valence electrons. The Morgan fingerprint density at radius 3 is 3.00 bits per heavy atom. The Kier molecular flexibility index (Phi) is 3.61. The first kappa shape index (κ1) is 13.4. The number of carbonyl (C=O) groups is 1. The van der Waals surface area contributed by atoms with Gasteiger partial charge in [-0.1, -0.05) is 30.4 Å². The minimum atomic E-state index is -0.125. The highest BCUT2D eigenvalue weighted by atomic mass is 32.1. The number of likely N-dealkylation sites (tertiary alicyclic amines) is 1. The van der Waals surface area contributed by atoms with Crippen molar-refractivity contribution >= 4 is 23.1 Å². The Morgan fingerprint density at radius 2 is 2.20 bits per heavy atom. The first-order chi connectivity index (χ1) is 9.66. The van der Waals surface area contributed by atoms with Crippen molar-refractivity contribution in [3.8, 4) is 5.75 Å². The molecule has 1 aromatic carbocycles. The largest absolute Gasteiger partial charge is 0.492 e. The van der Waals surface area contributed by atoms with E-state index in [4.69, 9.17) is 22.7 Å². The quantitative estimate of drug-likeness (QED) is 0.839. The van der Waals surface area contributed by atoms with Gasteiger partial charge in [-0.15, -0.1) is 0 Å². The predicted molar refractivity (Wildman–Crippen MR) is 80.7 cm³/mol. The van der Waals surface area contributed by atoms with Crippen molar-refractivity contribution < 1.29 is 9.53 Å². The fourth-order valence-electron chi connectivity index (χ4n) is 3.05. The Balaban J connectivity index is 1.74. The average Bonchev–Trinajstić information content (AvgIpc) is 2.95. The van der Waals surface area contributed by atoms with Gasteiger partial charge in [0, 0.05) is 6.54 Å². The maximum absolute atomic E-state index is 12.7. The Morgan fingerprint density at radius 1 is 1.40 bits per heavy atom. The number of nitrogens with zero attached hydrogens (tertiary/aromatic N) is 1. The lowest BCUT2D eigenvalue weighted by atomic mass is 9.95. The van der Waals surface area contributed by atoms with Gasteiger partial charge in [0.2, 0.25) is 5.91 Å². The molecule has 2 atom stereocenters. The van der Waals surface area contributed by atoms with Crippen LogP contribution in [0.4, 0.5) is 0 Å². The summed E-state index contributed by atoms with van der Waals surface area (Å²) in [5.41, 5.74) is 6.84. The van der Waals surface area contributed by atoms with Gasteiger partial charge >= 0.3 is 0 Å². The summed E-state index contributed by atoms with van der Waals surface area (Å²) in [6.07, 6.45) is 2.58.